The number of amides is 1. The van der Waals surface area contributed by atoms with E-state index in [4.69, 9.17) is 9.47 Å². The van der Waals surface area contributed by atoms with Gasteiger partial charge in [0, 0.05) is 25.1 Å². The molecule has 7 heteroatoms. The molecule has 0 radical (unpaired) electrons. The smallest absolute Gasteiger partial charge is 0.359 e. The lowest BCUT2D eigenvalue weighted by molar-refractivity contribution is -0.131. The molecule has 0 unspecified atom stereocenters. The van der Waals surface area contributed by atoms with Crippen LogP contribution in [0, 0.1) is 0 Å². The van der Waals surface area contributed by atoms with E-state index in [1.165, 1.54) is 0 Å². The predicted molar refractivity (Wildman–Crippen MR) is 115 cm³/mol. The van der Waals surface area contributed by atoms with Gasteiger partial charge in [-0.15, -0.1) is 0 Å². The number of esters is 1. The first-order valence-corrected chi connectivity index (χ1v) is 10.3. The molecule has 0 saturated heterocycles. The molecule has 2 aromatic carbocycles. The molecule has 1 aliphatic heterocycles. The van der Waals surface area contributed by atoms with Gasteiger partial charge in [0.25, 0.3) is 0 Å². The number of benzene rings is 2. The van der Waals surface area contributed by atoms with Gasteiger partial charge in [-0.2, -0.15) is 5.10 Å². The molecular formula is C24H25N3O4. The highest BCUT2D eigenvalue weighted by Crippen LogP contribution is 2.26. The van der Waals surface area contributed by atoms with Crippen LogP contribution in [0.3, 0.4) is 0 Å². The van der Waals surface area contributed by atoms with Crippen LogP contribution in [-0.2, 0) is 28.9 Å². The van der Waals surface area contributed by atoms with Crippen LogP contribution in [0.2, 0.25) is 0 Å². The molecule has 1 amide bonds. The monoisotopic (exact) mass is 419 g/mol. The quantitative estimate of drug-likeness (QED) is 0.574. The Hall–Kier alpha value is -3.61. The van der Waals surface area contributed by atoms with Gasteiger partial charge in [0.2, 0.25) is 5.91 Å². The Bertz CT molecular complexity index is 1070. The summed E-state index contributed by atoms with van der Waals surface area (Å²) in [6.45, 7) is 2.95. The van der Waals surface area contributed by atoms with Crippen molar-refractivity contribution in [1.82, 2.24) is 14.7 Å². The Morgan fingerprint density at radius 1 is 1.06 bits per heavy atom. The molecule has 0 bridgehead atoms. The molecule has 0 aliphatic carbocycles. The summed E-state index contributed by atoms with van der Waals surface area (Å²) < 4.78 is 12.2. The first kappa shape index (κ1) is 20.7. The molecule has 7 nitrogen and oxygen atoms in total. The molecule has 1 aliphatic rings. The molecule has 1 aromatic heterocycles. The summed E-state index contributed by atoms with van der Waals surface area (Å²) in [5.41, 5.74) is 3.79. The third kappa shape index (κ3) is 4.30. The fourth-order valence-electron chi connectivity index (χ4n) is 3.81. The van der Waals surface area contributed by atoms with Crippen molar-refractivity contribution in [2.24, 2.45) is 0 Å². The maximum atomic E-state index is 13.0. The highest BCUT2D eigenvalue weighted by atomic mass is 16.5. The van der Waals surface area contributed by atoms with Crippen molar-refractivity contribution in [1.29, 1.82) is 0 Å². The molecule has 0 saturated carbocycles. The van der Waals surface area contributed by atoms with Crippen molar-refractivity contribution in [2.45, 2.75) is 26.3 Å². The zero-order chi connectivity index (χ0) is 21.8. The van der Waals surface area contributed by atoms with E-state index < -0.39 is 5.97 Å². The Morgan fingerprint density at radius 2 is 1.81 bits per heavy atom. The lowest BCUT2D eigenvalue weighted by Gasteiger charge is -2.28. The number of nitrogens with zero attached hydrogens (tertiary/aromatic N) is 3. The van der Waals surface area contributed by atoms with Crippen LogP contribution in [0.4, 0.5) is 0 Å². The minimum absolute atomic E-state index is 0.0121. The lowest BCUT2D eigenvalue weighted by atomic mass is 10.0. The Labute approximate surface area is 181 Å². The van der Waals surface area contributed by atoms with Crippen molar-refractivity contribution in [3.8, 4) is 11.4 Å². The lowest BCUT2D eigenvalue weighted by Crippen LogP contribution is -2.37. The van der Waals surface area contributed by atoms with Crippen LogP contribution >= 0.6 is 0 Å². The van der Waals surface area contributed by atoms with Crippen LogP contribution in [0.15, 0.2) is 54.6 Å². The molecule has 0 atom stereocenters. The first-order chi connectivity index (χ1) is 15.1. The molecular weight excluding hydrogens is 394 g/mol. The minimum Gasteiger partial charge on any atom is -0.497 e. The van der Waals surface area contributed by atoms with Crippen molar-refractivity contribution in [3.05, 3.63) is 77.1 Å². The van der Waals surface area contributed by atoms with Gasteiger partial charge in [0.05, 0.1) is 31.5 Å². The maximum absolute atomic E-state index is 13.0. The molecule has 160 valence electrons. The van der Waals surface area contributed by atoms with E-state index >= 15 is 0 Å². The van der Waals surface area contributed by atoms with Crippen molar-refractivity contribution < 1.29 is 19.1 Å². The SMILES string of the molecule is CCOC(=O)c1nn(-c2ccccc2)c2c1CN(C(=O)Cc1ccc(OC)cc1)CC2. The number of fused-ring (bicyclic) bond motifs is 1. The van der Waals surface area contributed by atoms with Crippen LogP contribution in [0.25, 0.3) is 5.69 Å². The molecule has 0 fully saturated rings. The molecule has 3 aromatic rings. The normalized spacial score (nSPS) is 12.9. The van der Waals surface area contributed by atoms with Gasteiger partial charge in [-0.1, -0.05) is 30.3 Å². The molecule has 0 N–H and O–H groups in total. The average molecular weight is 419 g/mol. The summed E-state index contributed by atoms with van der Waals surface area (Å²) in [5.74, 6) is 0.308. The highest BCUT2D eigenvalue weighted by Gasteiger charge is 2.31. The van der Waals surface area contributed by atoms with Crippen molar-refractivity contribution >= 4 is 11.9 Å². The third-order valence-electron chi connectivity index (χ3n) is 5.39. The number of para-hydroxylation sites is 1. The first-order valence-electron chi connectivity index (χ1n) is 10.3. The average Bonchev–Trinajstić information content (AvgIpc) is 3.19. The van der Waals surface area contributed by atoms with Crippen LogP contribution in [0.5, 0.6) is 5.75 Å². The molecule has 4 rings (SSSR count). The number of carbonyl (C=O) groups is 2. The second-order valence-corrected chi connectivity index (χ2v) is 7.33. The van der Waals surface area contributed by atoms with Gasteiger partial charge in [-0.05, 0) is 36.8 Å². The summed E-state index contributed by atoms with van der Waals surface area (Å²) in [4.78, 5) is 27.3. The Balaban J connectivity index is 1.60. The number of methoxy groups -OCH3 is 1. The summed E-state index contributed by atoms with van der Waals surface area (Å²) in [5, 5.41) is 4.57. The van der Waals surface area contributed by atoms with E-state index in [-0.39, 0.29) is 18.2 Å². The standard InChI is InChI=1S/C24H25N3O4/c1-3-31-24(29)23-20-16-26(22(28)15-17-9-11-19(30-2)12-10-17)14-13-21(20)27(25-23)18-7-5-4-6-8-18/h4-12H,3,13-16H2,1-2H3. The Morgan fingerprint density at radius 3 is 2.48 bits per heavy atom. The van der Waals surface area contributed by atoms with Crippen LogP contribution in [-0.4, -0.2) is 46.8 Å². The largest absolute Gasteiger partial charge is 0.497 e. The molecule has 31 heavy (non-hydrogen) atoms. The van der Waals surface area contributed by atoms with E-state index in [0.29, 0.717) is 25.9 Å². The fourth-order valence-corrected chi connectivity index (χ4v) is 3.81. The van der Waals surface area contributed by atoms with E-state index in [0.717, 1.165) is 28.3 Å². The molecule has 0 spiro atoms. The van der Waals surface area contributed by atoms with Crippen molar-refractivity contribution in [2.75, 3.05) is 20.3 Å². The van der Waals surface area contributed by atoms with E-state index in [1.54, 1.807) is 23.6 Å². The number of ether oxygens (including phenoxy) is 2. The van der Waals surface area contributed by atoms with Gasteiger partial charge < -0.3 is 14.4 Å². The van der Waals surface area contributed by atoms with E-state index in [1.807, 2.05) is 54.6 Å². The second-order valence-electron chi connectivity index (χ2n) is 7.33. The van der Waals surface area contributed by atoms with E-state index in [2.05, 4.69) is 5.10 Å². The van der Waals surface area contributed by atoms with Gasteiger partial charge in [-0.25, -0.2) is 9.48 Å². The topological polar surface area (TPSA) is 73.7 Å². The van der Waals surface area contributed by atoms with Gasteiger partial charge >= 0.3 is 5.97 Å². The maximum Gasteiger partial charge on any atom is 0.359 e. The summed E-state index contributed by atoms with van der Waals surface area (Å²) in [6, 6.07) is 17.2. The zero-order valence-corrected chi connectivity index (χ0v) is 17.7. The predicted octanol–water partition coefficient (Wildman–Crippen LogP) is 3.19. The van der Waals surface area contributed by atoms with Crippen LogP contribution in [0.1, 0.15) is 34.2 Å². The third-order valence-corrected chi connectivity index (χ3v) is 5.39. The zero-order valence-electron chi connectivity index (χ0n) is 17.7. The number of aromatic nitrogens is 2. The van der Waals surface area contributed by atoms with Gasteiger partial charge in [0.1, 0.15) is 5.75 Å². The fraction of sp³-hybridized carbons (Fsp3) is 0.292. The summed E-state index contributed by atoms with van der Waals surface area (Å²) in [7, 11) is 1.61. The molecule has 2 heterocycles. The number of hydrogen-bond acceptors (Lipinski definition) is 5. The number of hydrogen-bond donors (Lipinski definition) is 0. The number of carbonyl (C=O) groups excluding carboxylic acids is 2. The Kier molecular flexibility index (Phi) is 6.02. The van der Waals surface area contributed by atoms with Crippen LogP contribution < -0.4 is 4.74 Å². The van der Waals surface area contributed by atoms with Crippen molar-refractivity contribution in [3.63, 3.8) is 0 Å². The summed E-state index contributed by atoms with van der Waals surface area (Å²) >= 11 is 0. The van der Waals surface area contributed by atoms with E-state index in [9.17, 15) is 9.59 Å². The van der Waals surface area contributed by atoms with Gasteiger partial charge in [0.15, 0.2) is 5.69 Å². The number of rotatable bonds is 6. The highest BCUT2D eigenvalue weighted by molar-refractivity contribution is 5.90. The summed E-state index contributed by atoms with van der Waals surface area (Å²) in [6.07, 6.45) is 0.909. The minimum atomic E-state index is -0.460. The van der Waals surface area contributed by atoms with Gasteiger partial charge in [-0.3, -0.25) is 4.79 Å². The second kappa shape index (κ2) is 9.04.